The lowest BCUT2D eigenvalue weighted by Crippen LogP contribution is -2.65. The number of ether oxygens (including phenoxy) is 1. The molecular weight excluding hydrogens is 520 g/mol. The molecule has 232 valence electrons. The normalized spacial score (nSPS) is 38.8. The van der Waals surface area contributed by atoms with E-state index in [-0.39, 0.29) is 25.2 Å². The van der Waals surface area contributed by atoms with E-state index in [1.165, 1.54) is 44.9 Å². The summed E-state index contributed by atoms with van der Waals surface area (Å²) in [5, 5.41) is 45.6. The predicted molar refractivity (Wildman–Crippen MR) is 158 cm³/mol. The number of hydrogen-bond donors (Lipinski definition) is 4. The topological polar surface area (TPSA) is 124 Å². The number of unbranched alkanes of at least 4 members (excludes halogenated alkanes) is 10. The van der Waals surface area contributed by atoms with E-state index in [4.69, 9.17) is 4.74 Å². The lowest BCUT2D eigenvalue weighted by Gasteiger charge is -2.52. The maximum atomic E-state index is 13.8. The second-order valence-electron chi connectivity index (χ2n) is 14.1. The van der Waals surface area contributed by atoms with Crippen LogP contribution in [0.5, 0.6) is 0 Å². The second-order valence-corrected chi connectivity index (χ2v) is 14.1. The SMILES string of the molecule is CCCCCCCCCCCCCC(=O)O[C@]12CC(CO)=C[C@H]3[C@@H]4C(C)(C)[C@]4(O)[C@H](O)[C@@H](C)[C@]3(O)[C@@H]1C=C(C)C2=O. The van der Waals surface area contributed by atoms with E-state index in [2.05, 4.69) is 6.92 Å². The van der Waals surface area contributed by atoms with Crippen molar-refractivity contribution in [2.75, 3.05) is 6.61 Å². The van der Waals surface area contributed by atoms with E-state index in [1.54, 1.807) is 26.0 Å². The first-order valence-corrected chi connectivity index (χ1v) is 16.2. The van der Waals surface area contributed by atoms with Crippen molar-refractivity contribution < 1.29 is 34.8 Å². The van der Waals surface area contributed by atoms with Crippen LogP contribution in [0.15, 0.2) is 23.3 Å². The Morgan fingerprint density at radius 3 is 2.10 bits per heavy atom. The van der Waals surface area contributed by atoms with Crippen LogP contribution in [-0.4, -0.2) is 61.7 Å². The lowest BCUT2D eigenvalue weighted by atomic mass is 9.59. The van der Waals surface area contributed by atoms with Gasteiger partial charge in [-0.15, -0.1) is 0 Å². The second kappa shape index (κ2) is 12.2. The quantitative estimate of drug-likeness (QED) is 0.128. The number of carbonyl (C=O) groups is 2. The van der Waals surface area contributed by atoms with Crippen LogP contribution in [0, 0.1) is 29.1 Å². The molecule has 0 aromatic carbocycles. The van der Waals surface area contributed by atoms with Crippen LogP contribution >= 0.6 is 0 Å². The summed E-state index contributed by atoms with van der Waals surface area (Å²) in [6.07, 6.45) is 15.2. The highest BCUT2D eigenvalue weighted by Crippen LogP contribution is 2.75. The van der Waals surface area contributed by atoms with Gasteiger partial charge in [0.05, 0.1) is 24.2 Å². The fourth-order valence-electron chi connectivity index (χ4n) is 8.75. The van der Waals surface area contributed by atoms with Gasteiger partial charge in [0.25, 0.3) is 0 Å². The summed E-state index contributed by atoms with van der Waals surface area (Å²) >= 11 is 0. The van der Waals surface area contributed by atoms with E-state index in [0.29, 0.717) is 17.6 Å². The number of aliphatic hydroxyl groups excluding tert-OH is 2. The van der Waals surface area contributed by atoms with Crippen molar-refractivity contribution in [3.63, 3.8) is 0 Å². The molecule has 7 heteroatoms. The average molecular weight is 575 g/mol. The number of fused-ring (bicyclic) bond motifs is 5. The Morgan fingerprint density at radius 1 is 0.976 bits per heavy atom. The number of hydrogen-bond acceptors (Lipinski definition) is 7. The minimum Gasteiger partial charge on any atom is -0.450 e. The van der Waals surface area contributed by atoms with Crippen LogP contribution in [0.4, 0.5) is 0 Å². The maximum absolute atomic E-state index is 13.8. The summed E-state index contributed by atoms with van der Waals surface area (Å²) < 4.78 is 6.12. The minimum absolute atomic E-state index is 0.0158. The molecule has 0 radical (unpaired) electrons. The number of esters is 1. The summed E-state index contributed by atoms with van der Waals surface area (Å²) in [5.41, 5.74) is -4.50. The molecule has 0 saturated heterocycles. The first-order valence-electron chi connectivity index (χ1n) is 16.2. The molecule has 7 nitrogen and oxygen atoms in total. The van der Waals surface area contributed by atoms with Crippen LogP contribution in [0.3, 0.4) is 0 Å². The third-order valence-electron chi connectivity index (χ3n) is 11.3. The summed E-state index contributed by atoms with van der Waals surface area (Å²) in [5.74, 6) is -3.65. The van der Waals surface area contributed by atoms with Crippen molar-refractivity contribution in [1.82, 2.24) is 0 Å². The third kappa shape index (κ3) is 5.27. The molecule has 0 bridgehead atoms. The molecule has 8 atom stereocenters. The first kappa shape index (κ1) is 32.4. The van der Waals surface area contributed by atoms with Crippen molar-refractivity contribution in [3.05, 3.63) is 23.3 Å². The van der Waals surface area contributed by atoms with Gasteiger partial charge in [-0.1, -0.05) is 104 Å². The van der Waals surface area contributed by atoms with Crippen molar-refractivity contribution in [2.24, 2.45) is 29.1 Å². The van der Waals surface area contributed by atoms with E-state index in [0.717, 1.165) is 19.3 Å². The molecular formula is C34H54O7. The van der Waals surface area contributed by atoms with Gasteiger partial charge in [0.15, 0.2) is 5.60 Å². The molecule has 4 aliphatic rings. The molecule has 0 aromatic heterocycles. The molecule has 2 fully saturated rings. The van der Waals surface area contributed by atoms with Gasteiger partial charge in [0, 0.05) is 36.0 Å². The van der Waals surface area contributed by atoms with E-state index in [1.807, 2.05) is 13.8 Å². The standard InChI is InChI=1S/C34H54O7/c1-6-7-8-9-10-11-12-13-14-15-16-17-27(36)41-32-20-24(21-35)19-25-28-31(4,5)34(28,40)30(38)23(3)33(25,39)26(32)18-22(2)29(32)37/h18-19,23,25-26,28,30,35,38-40H,6-17,20-21H2,1-5H3/t23-,25+,26-,28-,30-,32-,33-,34-/m1/s1. The zero-order valence-electron chi connectivity index (χ0n) is 26.0. The average Bonchev–Trinajstić information content (AvgIpc) is 3.32. The van der Waals surface area contributed by atoms with Crippen LogP contribution in [0.25, 0.3) is 0 Å². The van der Waals surface area contributed by atoms with Gasteiger partial charge in [0.1, 0.15) is 5.60 Å². The van der Waals surface area contributed by atoms with Gasteiger partial charge < -0.3 is 25.2 Å². The Kier molecular flexibility index (Phi) is 9.65. The zero-order valence-corrected chi connectivity index (χ0v) is 26.0. The number of aliphatic hydroxyl groups is 4. The molecule has 0 aliphatic heterocycles. The first-order chi connectivity index (χ1) is 19.3. The number of ketones is 1. The molecule has 0 heterocycles. The van der Waals surface area contributed by atoms with Gasteiger partial charge in [-0.2, -0.15) is 0 Å². The van der Waals surface area contributed by atoms with Crippen LogP contribution in [0.1, 0.15) is 118 Å². The Morgan fingerprint density at radius 2 is 1.54 bits per heavy atom. The molecule has 41 heavy (non-hydrogen) atoms. The van der Waals surface area contributed by atoms with Gasteiger partial charge in [-0.25, -0.2) is 0 Å². The molecule has 0 aromatic rings. The Bertz CT molecular complexity index is 1050. The lowest BCUT2D eigenvalue weighted by molar-refractivity contribution is -0.217. The summed E-state index contributed by atoms with van der Waals surface area (Å²) in [7, 11) is 0. The van der Waals surface area contributed by atoms with Crippen molar-refractivity contribution in [2.45, 2.75) is 141 Å². The third-order valence-corrected chi connectivity index (χ3v) is 11.3. The van der Waals surface area contributed by atoms with Crippen molar-refractivity contribution in [1.29, 1.82) is 0 Å². The smallest absolute Gasteiger partial charge is 0.306 e. The fourth-order valence-corrected chi connectivity index (χ4v) is 8.75. The Balaban J connectivity index is 1.44. The molecule has 0 spiro atoms. The molecule has 4 rings (SSSR count). The van der Waals surface area contributed by atoms with Gasteiger partial charge in [-0.05, 0) is 24.5 Å². The number of carbonyl (C=O) groups excluding carboxylic acids is 2. The van der Waals surface area contributed by atoms with Crippen LogP contribution in [-0.2, 0) is 14.3 Å². The highest BCUT2D eigenvalue weighted by molar-refractivity contribution is 6.06. The van der Waals surface area contributed by atoms with Crippen molar-refractivity contribution in [3.8, 4) is 0 Å². The predicted octanol–water partition coefficient (Wildman–Crippen LogP) is 5.18. The molecule has 4 aliphatic carbocycles. The molecule has 2 saturated carbocycles. The number of Topliss-reactive ketones (excluding diaryl/α,β-unsaturated/α-hetero) is 1. The fraction of sp³-hybridized carbons (Fsp3) is 0.824. The van der Waals surface area contributed by atoms with Crippen molar-refractivity contribution >= 4 is 11.8 Å². The van der Waals surface area contributed by atoms with E-state index in [9.17, 15) is 30.0 Å². The van der Waals surface area contributed by atoms with Gasteiger partial charge in [0.2, 0.25) is 5.78 Å². The minimum atomic E-state index is -1.68. The zero-order chi connectivity index (χ0) is 30.2. The van der Waals surface area contributed by atoms with Gasteiger partial charge >= 0.3 is 5.97 Å². The Hall–Kier alpha value is -1.54. The molecule has 4 N–H and O–H groups in total. The highest BCUT2D eigenvalue weighted by Gasteiger charge is 2.84. The van der Waals surface area contributed by atoms with Crippen LogP contribution < -0.4 is 0 Å². The molecule has 0 amide bonds. The largest absolute Gasteiger partial charge is 0.450 e. The van der Waals surface area contributed by atoms with E-state index < -0.39 is 58.0 Å². The number of rotatable bonds is 14. The monoisotopic (exact) mass is 574 g/mol. The van der Waals surface area contributed by atoms with Gasteiger partial charge in [-0.3, -0.25) is 9.59 Å². The van der Waals surface area contributed by atoms with Crippen LogP contribution in [0.2, 0.25) is 0 Å². The van der Waals surface area contributed by atoms with E-state index >= 15 is 0 Å². The summed E-state index contributed by atoms with van der Waals surface area (Å²) in [6, 6.07) is 0. The Labute approximate surface area is 246 Å². The maximum Gasteiger partial charge on any atom is 0.306 e. The molecule has 0 unspecified atom stereocenters. The summed E-state index contributed by atoms with van der Waals surface area (Å²) in [4.78, 5) is 27.0. The summed E-state index contributed by atoms with van der Waals surface area (Å²) in [6.45, 7) is 8.98. The highest BCUT2D eigenvalue weighted by atomic mass is 16.6.